The molecule has 0 bridgehead atoms. The normalized spacial score (nSPS) is 14.0. The second kappa shape index (κ2) is 5.45. The smallest absolute Gasteiger partial charge is 0.258 e. The molecule has 0 saturated carbocycles. The molecule has 3 rings (SSSR count). The molecule has 0 unspecified atom stereocenters. The Hall–Kier alpha value is -1.94. The van der Waals surface area contributed by atoms with E-state index >= 15 is 0 Å². The number of Topliss-reactive ketones (excluding diaryl/α,β-unsaturated/α-hetero) is 1. The van der Waals surface area contributed by atoms with Crippen LogP contribution in [0.15, 0.2) is 46.9 Å². The lowest BCUT2D eigenvalue weighted by atomic mass is 9.98. The van der Waals surface area contributed by atoms with E-state index in [2.05, 4.69) is 15.9 Å². The molecule has 0 saturated heterocycles. The van der Waals surface area contributed by atoms with Gasteiger partial charge in [0.15, 0.2) is 5.78 Å². The average Bonchev–Trinajstić information content (AvgIpc) is 2.47. The zero-order chi connectivity index (χ0) is 15.0. The van der Waals surface area contributed by atoms with Crippen molar-refractivity contribution < 1.29 is 9.59 Å². The van der Waals surface area contributed by atoms with Gasteiger partial charge in [-0.25, -0.2) is 0 Å². The number of benzene rings is 2. The van der Waals surface area contributed by atoms with Gasteiger partial charge in [-0.2, -0.15) is 0 Å². The summed E-state index contributed by atoms with van der Waals surface area (Å²) in [5.74, 6) is 0.0336. The van der Waals surface area contributed by atoms with Gasteiger partial charge >= 0.3 is 0 Å². The van der Waals surface area contributed by atoms with Crippen molar-refractivity contribution in [1.82, 2.24) is 0 Å². The van der Waals surface area contributed by atoms with E-state index in [0.29, 0.717) is 29.8 Å². The fourth-order valence-corrected chi connectivity index (χ4v) is 2.95. The van der Waals surface area contributed by atoms with Gasteiger partial charge in [0, 0.05) is 28.6 Å². The average molecular weight is 344 g/mol. The van der Waals surface area contributed by atoms with Crippen molar-refractivity contribution in [2.45, 2.75) is 13.3 Å². The van der Waals surface area contributed by atoms with E-state index < -0.39 is 0 Å². The molecular formula is C17H14BrNO2. The maximum atomic E-state index is 12.8. The number of amides is 1. The highest BCUT2D eigenvalue weighted by Crippen LogP contribution is 2.31. The van der Waals surface area contributed by atoms with Crippen LogP contribution in [0.25, 0.3) is 0 Å². The topological polar surface area (TPSA) is 37.4 Å². The Morgan fingerprint density at radius 1 is 1.19 bits per heavy atom. The van der Waals surface area contributed by atoms with E-state index in [1.165, 1.54) is 0 Å². The number of nitrogens with zero attached hydrogens (tertiary/aromatic N) is 1. The van der Waals surface area contributed by atoms with Gasteiger partial charge in [0.1, 0.15) is 0 Å². The van der Waals surface area contributed by atoms with E-state index in [1.807, 2.05) is 43.3 Å². The summed E-state index contributed by atoms with van der Waals surface area (Å²) in [5.41, 5.74) is 2.92. The first-order valence-electron chi connectivity index (χ1n) is 6.78. The summed E-state index contributed by atoms with van der Waals surface area (Å²) in [4.78, 5) is 26.5. The zero-order valence-corrected chi connectivity index (χ0v) is 13.2. The minimum absolute atomic E-state index is 0.0556. The van der Waals surface area contributed by atoms with Crippen LogP contribution in [-0.2, 0) is 0 Å². The van der Waals surface area contributed by atoms with Crippen LogP contribution >= 0.6 is 15.9 Å². The van der Waals surface area contributed by atoms with Gasteiger partial charge < -0.3 is 4.90 Å². The van der Waals surface area contributed by atoms with Crippen LogP contribution < -0.4 is 4.90 Å². The van der Waals surface area contributed by atoms with Crippen LogP contribution in [0.4, 0.5) is 5.69 Å². The highest BCUT2D eigenvalue weighted by Gasteiger charge is 2.28. The molecule has 4 heteroatoms. The van der Waals surface area contributed by atoms with Crippen molar-refractivity contribution in [3.05, 3.63) is 63.6 Å². The third-order valence-electron chi connectivity index (χ3n) is 3.73. The van der Waals surface area contributed by atoms with Crippen LogP contribution in [0, 0.1) is 6.92 Å². The largest absolute Gasteiger partial charge is 0.307 e. The molecule has 0 fully saturated rings. The van der Waals surface area contributed by atoms with Crippen molar-refractivity contribution in [3.8, 4) is 0 Å². The number of fused-ring (bicyclic) bond motifs is 1. The summed E-state index contributed by atoms with van der Waals surface area (Å²) >= 11 is 3.41. The van der Waals surface area contributed by atoms with Crippen LogP contribution in [0.1, 0.15) is 32.7 Å². The first-order chi connectivity index (χ1) is 10.1. The van der Waals surface area contributed by atoms with Gasteiger partial charge in [0.05, 0.1) is 5.69 Å². The van der Waals surface area contributed by atoms with Gasteiger partial charge in [0.25, 0.3) is 5.91 Å². The molecule has 21 heavy (non-hydrogen) atoms. The van der Waals surface area contributed by atoms with Gasteiger partial charge in [-0.1, -0.05) is 34.1 Å². The number of rotatable bonds is 1. The van der Waals surface area contributed by atoms with Crippen molar-refractivity contribution >= 4 is 33.3 Å². The molecule has 1 aliphatic heterocycles. The second-order valence-corrected chi connectivity index (χ2v) is 6.02. The van der Waals surface area contributed by atoms with E-state index in [1.54, 1.807) is 11.0 Å². The van der Waals surface area contributed by atoms with Gasteiger partial charge in [-0.3, -0.25) is 9.59 Å². The summed E-state index contributed by atoms with van der Waals surface area (Å²) in [7, 11) is 0. The number of aryl methyl sites for hydroxylation is 1. The van der Waals surface area contributed by atoms with Gasteiger partial charge in [-0.15, -0.1) is 0 Å². The molecule has 2 aromatic rings. The Kier molecular flexibility index (Phi) is 3.64. The first-order valence-corrected chi connectivity index (χ1v) is 7.57. The summed E-state index contributed by atoms with van der Waals surface area (Å²) in [6.45, 7) is 2.35. The van der Waals surface area contributed by atoms with Crippen molar-refractivity contribution in [2.24, 2.45) is 0 Å². The van der Waals surface area contributed by atoms with Crippen molar-refractivity contribution in [1.29, 1.82) is 0 Å². The lowest BCUT2D eigenvalue weighted by Crippen LogP contribution is -2.37. The second-order valence-electron chi connectivity index (χ2n) is 5.11. The van der Waals surface area contributed by atoms with Crippen LogP contribution in [0.5, 0.6) is 0 Å². The van der Waals surface area contributed by atoms with E-state index in [-0.39, 0.29) is 11.7 Å². The Balaban J connectivity index is 2.07. The number of carbonyl (C=O) groups excluding carboxylic acids is 2. The SMILES string of the molecule is Cc1ccccc1C(=O)N1CCC(=O)c2ccc(Br)cc21. The summed E-state index contributed by atoms with van der Waals surface area (Å²) in [5, 5.41) is 0. The van der Waals surface area contributed by atoms with Gasteiger partial charge in [0.2, 0.25) is 0 Å². The van der Waals surface area contributed by atoms with Crippen LogP contribution in [0.3, 0.4) is 0 Å². The number of carbonyl (C=O) groups is 2. The molecule has 0 N–H and O–H groups in total. The highest BCUT2D eigenvalue weighted by molar-refractivity contribution is 9.10. The number of ketones is 1. The summed E-state index contributed by atoms with van der Waals surface area (Å²) in [6, 6.07) is 13.0. The molecule has 106 valence electrons. The van der Waals surface area contributed by atoms with E-state index in [9.17, 15) is 9.59 Å². The van der Waals surface area contributed by atoms with Crippen LogP contribution in [-0.4, -0.2) is 18.2 Å². The molecule has 3 nitrogen and oxygen atoms in total. The fourth-order valence-electron chi connectivity index (χ4n) is 2.60. The molecule has 1 aliphatic rings. The molecular weight excluding hydrogens is 330 g/mol. The minimum atomic E-state index is -0.0556. The van der Waals surface area contributed by atoms with Crippen LogP contribution in [0.2, 0.25) is 0 Å². The minimum Gasteiger partial charge on any atom is -0.307 e. The third-order valence-corrected chi connectivity index (χ3v) is 4.23. The van der Waals surface area contributed by atoms with E-state index in [4.69, 9.17) is 0 Å². The molecule has 0 spiro atoms. The number of hydrogen-bond acceptors (Lipinski definition) is 2. The molecule has 2 aromatic carbocycles. The lowest BCUT2D eigenvalue weighted by Gasteiger charge is -2.29. The molecule has 1 amide bonds. The molecule has 0 atom stereocenters. The lowest BCUT2D eigenvalue weighted by molar-refractivity contribution is 0.0955. The van der Waals surface area contributed by atoms with E-state index in [0.717, 1.165) is 10.0 Å². The number of hydrogen-bond donors (Lipinski definition) is 0. The predicted molar refractivity (Wildman–Crippen MR) is 85.9 cm³/mol. The quantitative estimate of drug-likeness (QED) is 0.784. The third kappa shape index (κ3) is 2.51. The zero-order valence-electron chi connectivity index (χ0n) is 11.6. The molecule has 0 radical (unpaired) electrons. The maximum absolute atomic E-state index is 12.8. The number of anilines is 1. The van der Waals surface area contributed by atoms with Crippen molar-refractivity contribution in [2.75, 3.05) is 11.4 Å². The number of halogens is 1. The summed E-state index contributed by atoms with van der Waals surface area (Å²) in [6.07, 6.45) is 0.367. The monoisotopic (exact) mass is 343 g/mol. The fraction of sp³-hybridized carbons (Fsp3) is 0.176. The summed E-state index contributed by atoms with van der Waals surface area (Å²) < 4.78 is 0.860. The Morgan fingerprint density at radius 3 is 2.71 bits per heavy atom. The first kappa shape index (κ1) is 14.0. The van der Waals surface area contributed by atoms with Crippen molar-refractivity contribution in [3.63, 3.8) is 0 Å². The molecule has 0 aromatic heterocycles. The molecule has 0 aliphatic carbocycles. The Bertz CT molecular complexity index is 739. The Morgan fingerprint density at radius 2 is 1.95 bits per heavy atom. The Labute approximate surface area is 131 Å². The standard InChI is InChI=1S/C17H14BrNO2/c1-11-4-2-3-5-13(11)17(21)19-9-8-16(20)14-7-6-12(18)10-15(14)19/h2-7,10H,8-9H2,1H3. The predicted octanol–water partition coefficient (Wildman–Crippen LogP) is 3.99. The van der Waals surface area contributed by atoms with Gasteiger partial charge in [-0.05, 0) is 36.8 Å². The highest BCUT2D eigenvalue weighted by atomic mass is 79.9. The maximum Gasteiger partial charge on any atom is 0.258 e. The molecule has 1 heterocycles.